The van der Waals surface area contributed by atoms with Crippen molar-refractivity contribution in [2.45, 2.75) is 18.9 Å². The van der Waals surface area contributed by atoms with E-state index < -0.39 is 0 Å². The molecule has 35 heavy (non-hydrogen) atoms. The zero-order valence-corrected chi connectivity index (χ0v) is 20.1. The number of fused-ring (bicyclic) bond motifs is 3. The molecule has 0 aromatic heterocycles. The Kier molecular flexibility index (Phi) is 5.57. The Morgan fingerprint density at radius 2 is 1.63 bits per heavy atom. The minimum Gasteiger partial charge on any atom is -0.497 e. The third-order valence-corrected chi connectivity index (χ3v) is 6.95. The lowest BCUT2D eigenvalue weighted by Gasteiger charge is -2.32. The second-order valence-electron chi connectivity index (χ2n) is 9.27. The largest absolute Gasteiger partial charge is 0.497 e. The highest BCUT2D eigenvalue weighted by Gasteiger charge is 2.32. The van der Waals surface area contributed by atoms with Crippen LogP contribution in [0.25, 0.3) is 11.1 Å². The fraction of sp³-hybridized carbons (Fsp3) is 0.226. The predicted molar refractivity (Wildman–Crippen MR) is 140 cm³/mol. The molecule has 1 atom stereocenters. The number of ether oxygens (including phenoxy) is 3. The van der Waals surface area contributed by atoms with Crippen LogP contribution >= 0.6 is 0 Å². The van der Waals surface area contributed by atoms with E-state index in [4.69, 9.17) is 14.2 Å². The summed E-state index contributed by atoms with van der Waals surface area (Å²) in [5.74, 6) is 3.21. The Bertz CT molecular complexity index is 1350. The predicted octanol–water partition coefficient (Wildman–Crippen LogP) is 7.40. The molecule has 4 heteroatoms. The molecule has 4 nitrogen and oxygen atoms in total. The molecule has 6 rings (SSSR count). The maximum absolute atomic E-state index is 6.67. The number of anilines is 2. The number of para-hydroxylation sites is 1. The summed E-state index contributed by atoms with van der Waals surface area (Å²) in [6.07, 6.45) is 2.35. The molecule has 4 aromatic carbocycles. The summed E-state index contributed by atoms with van der Waals surface area (Å²) in [5.41, 5.74) is 6.72. The molecule has 4 aromatic rings. The van der Waals surface area contributed by atoms with Crippen molar-refractivity contribution in [3.63, 3.8) is 0 Å². The summed E-state index contributed by atoms with van der Waals surface area (Å²) in [6, 6.07) is 31.6. The topological polar surface area (TPSA) is 30.9 Å². The molecule has 0 saturated heterocycles. The highest BCUT2D eigenvalue weighted by molar-refractivity contribution is 5.83. The van der Waals surface area contributed by atoms with E-state index in [0.29, 0.717) is 0 Å². The van der Waals surface area contributed by atoms with Crippen molar-refractivity contribution in [1.29, 1.82) is 0 Å². The second-order valence-corrected chi connectivity index (χ2v) is 9.27. The van der Waals surface area contributed by atoms with Crippen molar-refractivity contribution < 1.29 is 14.2 Å². The van der Waals surface area contributed by atoms with Crippen LogP contribution in [0, 0.1) is 5.92 Å². The van der Waals surface area contributed by atoms with E-state index in [-0.39, 0.29) is 6.10 Å². The highest BCUT2D eigenvalue weighted by Crippen LogP contribution is 2.50. The average Bonchev–Trinajstić information content (AvgIpc) is 3.75. The molecule has 0 bridgehead atoms. The van der Waals surface area contributed by atoms with Crippen LogP contribution in [0.3, 0.4) is 0 Å². The van der Waals surface area contributed by atoms with Crippen LogP contribution in [0.1, 0.15) is 30.1 Å². The van der Waals surface area contributed by atoms with Gasteiger partial charge < -0.3 is 19.1 Å². The average molecular weight is 464 g/mol. The number of nitrogens with zero attached hydrogens (tertiary/aromatic N) is 1. The lowest BCUT2D eigenvalue weighted by molar-refractivity contribution is 0.241. The van der Waals surface area contributed by atoms with Crippen LogP contribution in [0.4, 0.5) is 11.4 Å². The van der Waals surface area contributed by atoms with E-state index in [0.717, 1.165) is 52.0 Å². The van der Waals surface area contributed by atoms with E-state index >= 15 is 0 Å². The number of methoxy groups -OCH3 is 2. The lowest BCUT2D eigenvalue weighted by atomic mass is 9.88. The Labute approximate surface area is 206 Å². The van der Waals surface area contributed by atoms with Gasteiger partial charge in [0.1, 0.15) is 23.4 Å². The number of hydrogen-bond donors (Lipinski definition) is 0. The van der Waals surface area contributed by atoms with Crippen molar-refractivity contribution in [3.8, 4) is 28.4 Å². The second kappa shape index (κ2) is 9.03. The summed E-state index contributed by atoms with van der Waals surface area (Å²) < 4.78 is 17.9. The molecular formula is C31H29NO3. The van der Waals surface area contributed by atoms with Crippen LogP contribution in [0.5, 0.6) is 17.2 Å². The van der Waals surface area contributed by atoms with Gasteiger partial charge in [-0.3, -0.25) is 0 Å². The molecule has 1 unspecified atom stereocenters. The Hall–Kier alpha value is -3.92. The van der Waals surface area contributed by atoms with Crippen molar-refractivity contribution >= 4 is 11.4 Å². The van der Waals surface area contributed by atoms with E-state index in [1.165, 1.54) is 24.2 Å². The molecular weight excluding hydrogens is 434 g/mol. The first-order chi connectivity index (χ1) is 17.2. The fourth-order valence-electron chi connectivity index (χ4n) is 4.98. The van der Waals surface area contributed by atoms with Gasteiger partial charge in [-0.2, -0.15) is 0 Å². The fourth-order valence-corrected chi connectivity index (χ4v) is 4.98. The minimum atomic E-state index is -0.252. The van der Waals surface area contributed by atoms with Crippen molar-refractivity contribution in [2.75, 3.05) is 25.7 Å². The van der Waals surface area contributed by atoms with Gasteiger partial charge in [-0.05, 0) is 72.9 Å². The molecule has 0 N–H and O–H groups in total. The summed E-state index contributed by atoms with van der Waals surface area (Å²) in [7, 11) is 3.41. The number of rotatable bonds is 7. The van der Waals surface area contributed by atoms with Gasteiger partial charge in [0.2, 0.25) is 0 Å². The van der Waals surface area contributed by atoms with Gasteiger partial charge in [0, 0.05) is 29.0 Å². The van der Waals surface area contributed by atoms with Crippen LogP contribution in [0.15, 0.2) is 91.0 Å². The monoisotopic (exact) mass is 463 g/mol. The molecule has 1 fully saturated rings. The van der Waals surface area contributed by atoms with Gasteiger partial charge in [-0.25, -0.2) is 0 Å². The van der Waals surface area contributed by atoms with Crippen LogP contribution < -0.4 is 19.1 Å². The summed E-state index contributed by atoms with van der Waals surface area (Å²) in [6.45, 7) is 1.02. The molecule has 1 aliphatic carbocycles. The van der Waals surface area contributed by atoms with Gasteiger partial charge in [0.15, 0.2) is 0 Å². The molecule has 1 heterocycles. The Morgan fingerprint density at radius 1 is 0.800 bits per heavy atom. The molecule has 176 valence electrons. The molecule has 1 saturated carbocycles. The number of benzene rings is 4. The SMILES string of the molecule is COc1cccc(C2Oc3cccc(OC)c3-c3ccc(N(CC4CC4)c4ccccc4)cc32)c1. The van der Waals surface area contributed by atoms with Gasteiger partial charge >= 0.3 is 0 Å². The van der Waals surface area contributed by atoms with E-state index in [1.54, 1.807) is 14.2 Å². The smallest absolute Gasteiger partial charge is 0.150 e. The molecule has 0 amide bonds. The van der Waals surface area contributed by atoms with Gasteiger partial charge in [0.25, 0.3) is 0 Å². The van der Waals surface area contributed by atoms with Crippen LogP contribution in [-0.2, 0) is 0 Å². The maximum Gasteiger partial charge on any atom is 0.150 e. The van der Waals surface area contributed by atoms with E-state index in [9.17, 15) is 0 Å². The van der Waals surface area contributed by atoms with Crippen molar-refractivity contribution in [1.82, 2.24) is 0 Å². The van der Waals surface area contributed by atoms with E-state index in [2.05, 4.69) is 65.6 Å². The molecule has 2 aliphatic rings. The van der Waals surface area contributed by atoms with Crippen molar-refractivity contribution in [2.24, 2.45) is 5.92 Å². The van der Waals surface area contributed by atoms with Crippen LogP contribution in [0.2, 0.25) is 0 Å². The third kappa shape index (κ3) is 4.10. The highest BCUT2D eigenvalue weighted by atomic mass is 16.5. The summed E-state index contributed by atoms with van der Waals surface area (Å²) in [5, 5.41) is 0. The summed E-state index contributed by atoms with van der Waals surface area (Å²) >= 11 is 0. The zero-order valence-electron chi connectivity index (χ0n) is 20.1. The third-order valence-electron chi connectivity index (χ3n) is 6.95. The Balaban J connectivity index is 1.52. The standard InChI is InChI=1S/C31H29NO3/c1-33-25-11-6-8-22(18-25)31-27-19-24(32(20-21-14-15-21)23-9-4-3-5-10-23)16-17-26(27)30-28(34-2)12-7-13-29(30)35-31/h3-13,16-19,21,31H,14-15,20H2,1-2H3. The zero-order chi connectivity index (χ0) is 23.8. The molecule has 1 aliphatic heterocycles. The minimum absolute atomic E-state index is 0.252. The van der Waals surface area contributed by atoms with Gasteiger partial charge in [-0.15, -0.1) is 0 Å². The first kappa shape index (κ1) is 21.6. The Morgan fingerprint density at radius 3 is 2.40 bits per heavy atom. The van der Waals surface area contributed by atoms with Crippen molar-refractivity contribution in [3.05, 3.63) is 102 Å². The van der Waals surface area contributed by atoms with Crippen LogP contribution in [-0.4, -0.2) is 20.8 Å². The summed E-state index contributed by atoms with van der Waals surface area (Å²) in [4.78, 5) is 2.44. The maximum atomic E-state index is 6.67. The van der Waals surface area contributed by atoms with Gasteiger partial charge in [0.05, 0.1) is 19.8 Å². The first-order valence-electron chi connectivity index (χ1n) is 12.2. The lowest BCUT2D eigenvalue weighted by Crippen LogP contribution is -2.21. The quantitative estimate of drug-likeness (QED) is 0.286. The molecule has 0 radical (unpaired) electrons. The normalized spacial score (nSPS) is 16.0. The molecule has 0 spiro atoms. The number of hydrogen-bond acceptors (Lipinski definition) is 4. The first-order valence-corrected chi connectivity index (χ1v) is 12.2. The van der Waals surface area contributed by atoms with Gasteiger partial charge in [-0.1, -0.05) is 42.5 Å². The van der Waals surface area contributed by atoms with E-state index in [1.807, 2.05) is 30.3 Å².